The second-order valence-electron chi connectivity index (χ2n) is 5.24. The minimum atomic E-state index is -2.55. The highest BCUT2D eigenvalue weighted by Gasteiger charge is 2.22. The highest BCUT2D eigenvalue weighted by atomic mass is 19.3. The zero-order valence-electron chi connectivity index (χ0n) is 11.6. The number of rotatable bonds is 5. The van der Waals surface area contributed by atoms with Crippen LogP contribution >= 0.6 is 0 Å². The Labute approximate surface area is 115 Å². The predicted octanol–water partition coefficient (Wildman–Crippen LogP) is 1.71. The number of amides is 1. The lowest BCUT2D eigenvalue weighted by molar-refractivity contribution is 0.0477. The average molecular weight is 291 g/mol. The number of aliphatic hydroxyl groups is 1. The van der Waals surface area contributed by atoms with Crippen molar-refractivity contribution in [3.63, 3.8) is 0 Å². The molecule has 0 aliphatic carbocycles. The number of imidazole rings is 1. The van der Waals surface area contributed by atoms with Crippen molar-refractivity contribution < 1.29 is 23.4 Å². The maximum atomic E-state index is 12.4. The number of halogens is 2. The molecule has 20 heavy (non-hydrogen) atoms. The van der Waals surface area contributed by atoms with E-state index in [9.17, 15) is 18.7 Å². The van der Waals surface area contributed by atoms with Crippen LogP contribution in [0, 0.1) is 0 Å². The number of ether oxygens (including phenoxy) is 1. The fourth-order valence-electron chi connectivity index (χ4n) is 1.59. The Morgan fingerprint density at radius 3 is 2.70 bits per heavy atom. The molecule has 1 rings (SSSR count). The lowest BCUT2D eigenvalue weighted by atomic mass is 10.2. The molecule has 0 saturated carbocycles. The van der Waals surface area contributed by atoms with Crippen molar-refractivity contribution in [3.8, 4) is 0 Å². The van der Waals surface area contributed by atoms with Gasteiger partial charge >= 0.3 is 6.09 Å². The zero-order chi connectivity index (χ0) is 15.3. The molecule has 6 nitrogen and oxygen atoms in total. The van der Waals surface area contributed by atoms with Crippen molar-refractivity contribution in [2.75, 3.05) is 6.61 Å². The molecule has 2 N–H and O–H groups in total. The number of carbonyl (C=O) groups is 1. The summed E-state index contributed by atoms with van der Waals surface area (Å²) >= 11 is 0. The van der Waals surface area contributed by atoms with Gasteiger partial charge in [-0.25, -0.2) is 18.6 Å². The van der Waals surface area contributed by atoms with Crippen LogP contribution in [0.3, 0.4) is 0 Å². The van der Waals surface area contributed by atoms with Gasteiger partial charge in [-0.1, -0.05) is 0 Å². The van der Waals surface area contributed by atoms with Crippen molar-refractivity contribution in [1.29, 1.82) is 0 Å². The molecule has 1 aromatic heterocycles. The fourth-order valence-corrected chi connectivity index (χ4v) is 1.59. The molecule has 8 heteroatoms. The van der Waals surface area contributed by atoms with Crippen LogP contribution in [0.25, 0.3) is 0 Å². The first-order valence-electron chi connectivity index (χ1n) is 6.11. The molecule has 0 spiro atoms. The Balaban J connectivity index is 2.76. The van der Waals surface area contributed by atoms with Gasteiger partial charge < -0.3 is 19.7 Å². The van der Waals surface area contributed by atoms with Gasteiger partial charge in [-0.2, -0.15) is 0 Å². The Morgan fingerprint density at radius 2 is 2.20 bits per heavy atom. The first-order valence-corrected chi connectivity index (χ1v) is 6.11. The third-order valence-corrected chi connectivity index (χ3v) is 2.31. The van der Waals surface area contributed by atoms with Gasteiger partial charge in [0.1, 0.15) is 5.60 Å². The highest BCUT2D eigenvalue weighted by Crippen LogP contribution is 2.15. The van der Waals surface area contributed by atoms with Gasteiger partial charge in [-0.05, 0) is 20.8 Å². The zero-order valence-corrected chi connectivity index (χ0v) is 11.6. The van der Waals surface area contributed by atoms with Gasteiger partial charge in [0.15, 0.2) is 0 Å². The molecule has 0 bridgehead atoms. The summed E-state index contributed by atoms with van der Waals surface area (Å²) in [6.07, 6.45) is -0.744. The largest absolute Gasteiger partial charge is 0.444 e. The number of carbonyl (C=O) groups excluding carboxylic acids is 1. The number of hydrogen-bond acceptors (Lipinski definition) is 4. The monoisotopic (exact) mass is 291 g/mol. The van der Waals surface area contributed by atoms with E-state index in [1.54, 1.807) is 20.8 Å². The third kappa shape index (κ3) is 5.12. The average Bonchev–Trinajstić information content (AvgIpc) is 2.70. The second-order valence-corrected chi connectivity index (χ2v) is 5.24. The molecule has 1 amide bonds. The molecular formula is C12H19F2N3O3. The summed E-state index contributed by atoms with van der Waals surface area (Å²) in [4.78, 5) is 15.4. The summed E-state index contributed by atoms with van der Waals surface area (Å²) in [6, 6.07) is -0.855. The van der Waals surface area contributed by atoms with E-state index in [1.807, 2.05) is 0 Å². The summed E-state index contributed by atoms with van der Waals surface area (Å²) in [6.45, 7) is 4.08. The molecule has 1 atom stereocenters. The molecule has 0 fully saturated rings. The lowest BCUT2D eigenvalue weighted by Crippen LogP contribution is -2.37. The molecule has 0 aliphatic heterocycles. The molecule has 1 aromatic rings. The first kappa shape index (κ1) is 16.4. The third-order valence-electron chi connectivity index (χ3n) is 2.31. The number of aromatic nitrogens is 2. The number of alkyl carbamates (subject to hydrolysis) is 1. The summed E-state index contributed by atoms with van der Waals surface area (Å²) < 4.78 is 31.0. The SMILES string of the molecule is CC(C)(C)OC(=O)NC(CO)c1cncn1CC(F)F. The maximum absolute atomic E-state index is 12.4. The van der Waals surface area contributed by atoms with Crippen LogP contribution < -0.4 is 5.32 Å². The number of nitrogens with one attached hydrogen (secondary N) is 1. The van der Waals surface area contributed by atoms with Crippen molar-refractivity contribution in [2.45, 2.75) is 45.4 Å². The van der Waals surface area contributed by atoms with Gasteiger partial charge in [-0.3, -0.25) is 0 Å². The summed E-state index contributed by atoms with van der Waals surface area (Å²) in [5.41, 5.74) is -0.397. The van der Waals surface area contributed by atoms with E-state index in [1.165, 1.54) is 17.1 Å². The first-order chi connectivity index (χ1) is 9.23. The minimum Gasteiger partial charge on any atom is -0.444 e. The van der Waals surface area contributed by atoms with Gasteiger partial charge in [0, 0.05) is 0 Å². The maximum Gasteiger partial charge on any atom is 0.408 e. The lowest BCUT2D eigenvalue weighted by Gasteiger charge is -2.23. The smallest absolute Gasteiger partial charge is 0.408 e. The molecule has 1 unspecified atom stereocenters. The van der Waals surface area contributed by atoms with Crippen molar-refractivity contribution >= 4 is 6.09 Å². The molecule has 0 aliphatic rings. The molecule has 0 aromatic carbocycles. The molecule has 1 heterocycles. The van der Waals surface area contributed by atoms with E-state index in [2.05, 4.69) is 10.3 Å². The molecule has 0 radical (unpaired) electrons. The van der Waals surface area contributed by atoms with Crippen LogP contribution in [-0.2, 0) is 11.3 Å². The normalized spacial score (nSPS) is 13.3. The topological polar surface area (TPSA) is 76.4 Å². The molecular weight excluding hydrogens is 272 g/mol. The van der Waals surface area contributed by atoms with Crippen LogP contribution in [0.4, 0.5) is 13.6 Å². The fraction of sp³-hybridized carbons (Fsp3) is 0.667. The van der Waals surface area contributed by atoms with Crippen LogP contribution in [0.1, 0.15) is 32.5 Å². The number of alkyl halides is 2. The van der Waals surface area contributed by atoms with Crippen molar-refractivity contribution in [3.05, 3.63) is 18.2 Å². The Bertz CT molecular complexity index is 443. The van der Waals surface area contributed by atoms with E-state index in [4.69, 9.17) is 4.74 Å². The Hall–Kier alpha value is -1.70. The summed E-state index contributed by atoms with van der Waals surface area (Å²) in [5.74, 6) is 0. The van der Waals surface area contributed by atoms with Crippen LogP contribution in [0.5, 0.6) is 0 Å². The van der Waals surface area contributed by atoms with Gasteiger partial charge in [-0.15, -0.1) is 0 Å². The van der Waals surface area contributed by atoms with Crippen molar-refractivity contribution in [2.24, 2.45) is 0 Å². The Morgan fingerprint density at radius 1 is 1.55 bits per heavy atom. The molecule has 114 valence electrons. The standard InChI is InChI=1S/C12H19F2N3O3/c1-12(2,3)20-11(19)16-8(6-18)9-4-15-7-17(9)5-10(13)14/h4,7-8,10,18H,5-6H2,1-3H3,(H,16,19). The number of hydrogen-bond donors (Lipinski definition) is 2. The number of aliphatic hydroxyl groups excluding tert-OH is 1. The quantitative estimate of drug-likeness (QED) is 0.866. The van der Waals surface area contributed by atoms with Gasteiger partial charge in [0.05, 0.1) is 37.4 Å². The van der Waals surface area contributed by atoms with E-state index in [0.717, 1.165) is 0 Å². The minimum absolute atomic E-state index is 0.290. The van der Waals surface area contributed by atoms with Gasteiger partial charge in [0.25, 0.3) is 6.43 Å². The van der Waals surface area contributed by atoms with E-state index in [0.29, 0.717) is 5.69 Å². The highest BCUT2D eigenvalue weighted by molar-refractivity contribution is 5.68. The second kappa shape index (κ2) is 6.65. The van der Waals surface area contributed by atoms with Crippen LogP contribution in [0.15, 0.2) is 12.5 Å². The Kier molecular flexibility index (Phi) is 5.43. The van der Waals surface area contributed by atoms with Crippen LogP contribution in [-0.4, -0.2) is 39.4 Å². The van der Waals surface area contributed by atoms with E-state index in [-0.39, 0.29) is 0 Å². The van der Waals surface area contributed by atoms with Gasteiger partial charge in [0.2, 0.25) is 0 Å². The predicted molar refractivity (Wildman–Crippen MR) is 67.4 cm³/mol. The summed E-state index contributed by atoms with van der Waals surface area (Å²) in [5, 5.41) is 11.7. The number of nitrogens with zero attached hydrogens (tertiary/aromatic N) is 2. The molecule has 0 saturated heterocycles. The van der Waals surface area contributed by atoms with E-state index >= 15 is 0 Å². The summed E-state index contributed by atoms with van der Waals surface area (Å²) in [7, 11) is 0. The van der Waals surface area contributed by atoms with E-state index < -0.39 is 37.3 Å². The van der Waals surface area contributed by atoms with Crippen LogP contribution in [0.2, 0.25) is 0 Å². The van der Waals surface area contributed by atoms with Crippen molar-refractivity contribution in [1.82, 2.24) is 14.9 Å².